The third-order valence-corrected chi connectivity index (χ3v) is 4.96. The first-order chi connectivity index (χ1) is 9.09. The molecule has 2 atom stereocenters. The molecule has 0 amide bonds. The molecule has 0 aromatic heterocycles. The van der Waals surface area contributed by atoms with E-state index in [2.05, 4.69) is 48.0 Å². The van der Waals surface area contributed by atoms with Gasteiger partial charge in [0.2, 0.25) is 0 Å². The van der Waals surface area contributed by atoms with Crippen LogP contribution in [0, 0.1) is 0 Å². The number of rotatable bonds is 1. The molecule has 1 heterocycles. The standard InChI is InChI=1S/C16H25N3/c1-16(17)14-6-4-3-5-13(14)7-8-15(16)19-11-9-18(2)10-12-19/h3-6,15H,7-12,17H2,1-2H3. The number of nitrogens with zero attached hydrogens (tertiary/aromatic N) is 2. The van der Waals surface area contributed by atoms with Crippen LogP contribution in [-0.2, 0) is 12.0 Å². The number of hydrogen-bond donors (Lipinski definition) is 1. The normalized spacial score (nSPS) is 33.1. The van der Waals surface area contributed by atoms with Crippen LogP contribution in [0.5, 0.6) is 0 Å². The molecule has 1 aromatic rings. The molecule has 1 saturated heterocycles. The smallest absolute Gasteiger partial charge is 0.0541 e. The third-order valence-electron chi connectivity index (χ3n) is 4.96. The van der Waals surface area contributed by atoms with E-state index in [4.69, 9.17) is 5.73 Å². The van der Waals surface area contributed by atoms with E-state index in [1.165, 1.54) is 24.0 Å². The second-order valence-electron chi connectivity index (χ2n) is 6.33. The van der Waals surface area contributed by atoms with Gasteiger partial charge in [0.1, 0.15) is 0 Å². The molecular weight excluding hydrogens is 234 g/mol. The van der Waals surface area contributed by atoms with Crippen LogP contribution < -0.4 is 5.73 Å². The SMILES string of the molecule is CN1CCN(C2CCc3ccccc3C2(C)N)CC1. The van der Waals surface area contributed by atoms with Crippen molar-refractivity contribution in [3.63, 3.8) is 0 Å². The second kappa shape index (κ2) is 4.89. The highest BCUT2D eigenvalue weighted by atomic mass is 15.3. The number of nitrogens with two attached hydrogens (primary N) is 1. The molecule has 2 aliphatic rings. The topological polar surface area (TPSA) is 32.5 Å². The lowest BCUT2D eigenvalue weighted by Crippen LogP contribution is -2.60. The maximum Gasteiger partial charge on any atom is 0.0541 e. The minimum Gasteiger partial charge on any atom is -0.320 e. The highest BCUT2D eigenvalue weighted by Crippen LogP contribution is 2.36. The van der Waals surface area contributed by atoms with Gasteiger partial charge in [-0.2, -0.15) is 0 Å². The van der Waals surface area contributed by atoms with E-state index in [0.717, 1.165) is 26.2 Å². The van der Waals surface area contributed by atoms with Gasteiger partial charge in [0, 0.05) is 32.2 Å². The lowest BCUT2D eigenvalue weighted by Gasteiger charge is -2.48. The van der Waals surface area contributed by atoms with Crippen LogP contribution in [0.3, 0.4) is 0 Å². The molecule has 0 radical (unpaired) electrons. The van der Waals surface area contributed by atoms with Crippen LogP contribution in [0.25, 0.3) is 0 Å². The number of benzene rings is 1. The van der Waals surface area contributed by atoms with Crippen molar-refractivity contribution in [2.75, 3.05) is 33.2 Å². The molecule has 0 spiro atoms. The van der Waals surface area contributed by atoms with Crippen molar-refractivity contribution < 1.29 is 0 Å². The van der Waals surface area contributed by atoms with Gasteiger partial charge in [0.15, 0.2) is 0 Å². The van der Waals surface area contributed by atoms with E-state index in [-0.39, 0.29) is 5.54 Å². The average Bonchev–Trinajstić information content (AvgIpc) is 2.40. The van der Waals surface area contributed by atoms with E-state index in [1.807, 2.05) is 0 Å². The summed E-state index contributed by atoms with van der Waals surface area (Å²) in [6.07, 6.45) is 2.35. The minimum atomic E-state index is -0.218. The van der Waals surface area contributed by atoms with Crippen LogP contribution in [-0.4, -0.2) is 49.1 Å². The zero-order chi connectivity index (χ0) is 13.5. The Morgan fingerprint density at radius 2 is 1.84 bits per heavy atom. The maximum absolute atomic E-state index is 6.74. The molecular formula is C16H25N3. The van der Waals surface area contributed by atoms with Crippen molar-refractivity contribution in [1.29, 1.82) is 0 Å². The van der Waals surface area contributed by atoms with Gasteiger partial charge in [-0.15, -0.1) is 0 Å². The van der Waals surface area contributed by atoms with Gasteiger partial charge in [-0.25, -0.2) is 0 Å². The molecule has 3 heteroatoms. The van der Waals surface area contributed by atoms with Gasteiger partial charge in [-0.3, -0.25) is 4.90 Å². The minimum absolute atomic E-state index is 0.218. The van der Waals surface area contributed by atoms with Crippen LogP contribution in [0.1, 0.15) is 24.5 Å². The molecule has 3 nitrogen and oxygen atoms in total. The molecule has 0 saturated carbocycles. The number of hydrogen-bond acceptors (Lipinski definition) is 3. The lowest BCUT2D eigenvalue weighted by molar-refractivity contribution is 0.0617. The fraction of sp³-hybridized carbons (Fsp3) is 0.625. The van der Waals surface area contributed by atoms with E-state index in [0.29, 0.717) is 6.04 Å². The first-order valence-corrected chi connectivity index (χ1v) is 7.39. The molecule has 0 bridgehead atoms. The summed E-state index contributed by atoms with van der Waals surface area (Å²) in [5.74, 6) is 0. The van der Waals surface area contributed by atoms with Crippen molar-refractivity contribution >= 4 is 0 Å². The van der Waals surface area contributed by atoms with Crippen molar-refractivity contribution in [3.05, 3.63) is 35.4 Å². The monoisotopic (exact) mass is 259 g/mol. The predicted octanol–water partition coefficient (Wildman–Crippen LogP) is 1.42. The maximum atomic E-state index is 6.74. The average molecular weight is 259 g/mol. The van der Waals surface area contributed by atoms with Gasteiger partial charge in [-0.1, -0.05) is 24.3 Å². The summed E-state index contributed by atoms with van der Waals surface area (Å²) in [6, 6.07) is 9.19. The summed E-state index contributed by atoms with van der Waals surface area (Å²) < 4.78 is 0. The summed E-state index contributed by atoms with van der Waals surface area (Å²) >= 11 is 0. The van der Waals surface area contributed by atoms with E-state index in [9.17, 15) is 0 Å². The number of piperazine rings is 1. The van der Waals surface area contributed by atoms with Gasteiger partial charge < -0.3 is 10.6 Å². The Balaban J connectivity index is 1.85. The van der Waals surface area contributed by atoms with Crippen molar-refractivity contribution in [1.82, 2.24) is 9.80 Å². The van der Waals surface area contributed by atoms with Crippen LogP contribution in [0.15, 0.2) is 24.3 Å². The number of likely N-dealkylation sites (N-methyl/N-ethyl adjacent to an activating group) is 1. The zero-order valence-electron chi connectivity index (χ0n) is 12.1. The summed E-state index contributed by atoms with van der Waals surface area (Å²) in [5, 5.41) is 0. The summed E-state index contributed by atoms with van der Waals surface area (Å²) in [4.78, 5) is 5.01. The summed E-state index contributed by atoms with van der Waals surface area (Å²) in [6.45, 7) is 6.84. The summed E-state index contributed by atoms with van der Waals surface area (Å²) in [5.41, 5.74) is 9.32. The van der Waals surface area contributed by atoms with E-state index < -0.39 is 0 Å². The Morgan fingerprint density at radius 3 is 2.58 bits per heavy atom. The Morgan fingerprint density at radius 1 is 1.16 bits per heavy atom. The molecule has 1 aromatic carbocycles. The molecule has 2 unspecified atom stereocenters. The van der Waals surface area contributed by atoms with Gasteiger partial charge in [0.05, 0.1) is 5.54 Å². The Kier molecular flexibility index (Phi) is 3.37. The number of aryl methyl sites for hydroxylation is 1. The zero-order valence-corrected chi connectivity index (χ0v) is 12.1. The Labute approximate surface area is 116 Å². The largest absolute Gasteiger partial charge is 0.320 e. The summed E-state index contributed by atoms with van der Waals surface area (Å²) in [7, 11) is 2.20. The molecule has 1 aliphatic heterocycles. The molecule has 1 aliphatic carbocycles. The van der Waals surface area contributed by atoms with Crippen molar-refractivity contribution in [3.8, 4) is 0 Å². The molecule has 3 rings (SSSR count). The molecule has 19 heavy (non-hydrogen) atoms. The number of fused-ring (bicyclic) bond motifs is 1. The fourth-order valence-electron chi connectivity index (χ4n) is 3.73. The predicted molar refractivity (Wildman–Crippen MR) is 79.2 cm³/mol. The van der Waals surface area contributed by atoms with Crippen LogP contribution >= 0.6 is 0 Å². The highest BCUT2D eigenvalue weighted by Gasteiger charge is 2.40. The Hall–Kier alpha value is -0.900. The van der Waals surface area contributed by atoms with E-state index in [1.54, 1.807) is 0 Å². The van der Waals surface area contributed by atoms with E-state index >= 15 is 0 Å². The molecule has 104 valence electrons. The van der Waals surface area contributed by atoms with Crippen LogP contribution in [0.4, 0.5) is 0 Å². The second-order valence-corrected chi connectivity index (χ2v) is 6.33. The van der Waals surface area contributed by atoms with Crippen LogP contribution in [0.2, 0.25) is 0 Å². The van der Waals surface area contributed by atoms with Gasteiger partial charge in [-0.05, 0) is 37.9 Å². The van der Waals surface area contributed by atoms with Gasteiger partial charge in [0.25, 0.3) is 0 Å². The first kappa shape index (κ1) is 13.1. The first-order valence-electron chi connectivity index (χ1n) is 7.39. The fourth-order valence-corrected chi connectivity index (χ4v) is 3.73. The van der Waals surface area contributed by atoms with Gasteiger partial charge >= 0.3 is 0 Å². The molecule has 1 fully saturated rings. The van der Waals surface area contributed by atoms with Crippen molar-refractivity contribution in [2.45, 2.75) is 31.3 Å². The Bertz CT molecular complexity index is 447. The third kappa shape index (κ3) is 2.31. The molecule has 2 N–H and O–H groups in total. The van der Waals surface area contributed by atoms with Crippen molar-refractivity contribution in [2.24, 2.45) is 5.73 Å². The quantitative estimate of drug-likeness (QED) is 0.828. The highest BCUT2D eigenvalue weighted by molar-refractivity contribution is 5.37. The lowest BCUT2D eigenvalue weighted by atomic mass is 9.74.